The van der Waals surface area contributed by atoms with Crippen LogP contribution < -0.4 is 11.3 Å². The van der Waals surface area contributed by atoms with Crippen LogP contribution >= 0.6 is 0 Å². The van der Waals surface area contributed by atoms with Gasteiger partial charge in [-0.3, -0.25) is 15.1 Å². The Balaban J connectivity index is 2.48. The first-order valence-corrected chi connectivity index (χ1v) is 7.33. The van der Waals surface area contributed by atoms with Crippen molar-refractivity contribution in [1.82, 2.24) is 10.3 Å². The third-order valence-corrected chi connectivity index (χ3v) is 3.39. The maximum atomic E-state index is 11.5. The van der Waals surface area contributed by atoms with Crippen LogP contribution in [0.15, 0.2) is 24.3 Å². The van der Waals surface area contributed by atoms with Gasteiger partial charge in [-0.05, 0) is 38.9 Å². The maximum absolute atomic E-state index is 11.5. The lowest BCUT2D eigenvalue weighted by atomic mass is 9.99. The number of rotatable bonds is 8. The fourth-order valence-electron chi connectivity index (χ4n) is 2.02. The number of carbonyl (C=O) groups is 1. The minimum absolute atomic E-state index is 0.175. The smallest absolute Gasteiger partial charge is 0.241 e. The number of nitrogens with one attached hydrogen (secondary N) is 1. The van der Waals surface area contributed by atoms with Gasteiger partial charge in [0.2, 0.25) is 5.91 Å². The lowest BCUT2D eigenvalue weighted by molar-refractivity contribution is -0.122. The topological polar surface area (TPSA) is 67.6 Å². The molecule has 1 atom stereocenters. The van der Waals surface area contributed by atoms with E-state index in [9.17, 15) is 4.79 Å². The zero-order valence-corrected chi connectivity index (χ0v) is 13.4. The van der Waals surface area contributed by atoms with Gasteiger partial charge in [0.15, 0.2) is 0 Å². The van der Waals surface area contributed by atoms with Crippen molar-refractivity contribution in [2.45, 2.75) is 39.3 Å². The van der Waals surface area contributed by atoms with Crippen molar-refractivity contribution in [2.75, 3.05) is 20.2 Å². The molecule has 3 N–H and O–H groups in total. The van der Waals surface area contributed by atoms with Gasteiger partial charge in [0.05, 0.1) is 18.6 Å². The number of ether oxygens (including phenoxy) is 1. The number of likely N-dealkylation sites (N-methyl/N-ethyl adjacent to an activating group) is 1. The van der Waals surface area contributed by atoms with Crippen LogP contribution in [0.25, 0.3) is 0 Å². The first kappa shape index (κ1) is 17.6. The van der Waals surface area contributed by atoms with Crippen molar-refractivity contribution >= 4 is 5.91 Å². The van der Waals surface area contributed by atoms with Crippen LogP contribution in [0, 0.1) is 0 Å². The predicted octanol–water partition coefficient (Wildman–Crippen LogP) is 1.64. The summed E-state index contributed by atoms with van der Waals surface area (Å²) >= 11 is 0. The number of nitrogens with zero attached hydrogens (tertiary/aromatic N) is 1. The van der Waals surface area contributed by atoms with Gasteiger partial charge in [-0.1, -0.05) is 24.3 Å². The second-order valence-electron chi connectivity index (χ2n) is 5.63. The summed E-state index contributed by atoms with van der Waals surface area (Å²) in [7, 11) is 2.07. The Kier molecular flexibility index (Phi) is 7.36. The van der Waals surface area contributed by atoms with Gasteiger partial charge < -0.3 is 4.74 Å². The molecular weight excluding hydrogens is 266 g/mol. The molecule has 0 aliphatic heterocycles. The van der Waals surface area contributed by atoms with Crippen LogP contribution in [-0.4, -0.2) is 37.1 Å². The van der Waals surface area contributed by atoms with E-state index in [0.29, 0.717) is 0 Å². The summed E-state index contributed by atoms with van der Waals surface area (Å²) in [6, 6.07) is 8.06. The molecule has 0 bridgehead atoms. The van der Waals surface area contributed by atoms with Crippen molar-refractivity contribution in [3.8, 4) is 0 Å². The van der Waals surface area contributed by atoms with E-state index in [1.807, 2.05) is 32.9 Å². The van der Waals surface area contributed by atoms with Crippen LogP contribution in [0.4, 0.5) is 0 Å². The molecule has 0 aliphatic rings. The van der Waals surface area contributed by atoms with Gasteiger partial charge in [-0.2, -0.15) is 0 Å². The van der Waals surface area contributed by atoms with Gasteiger partial charge in [-0.15, -0.1) is 0 Å². The maximum Gasteiger partial charge on any atom is 0.241 e. The molecule has 0 radical (unpaired) electrons. The minimum atomic E-state index is -0.235. The molecule has 0 saturated heterocycles. The van der Waals surface area contributed by atoms with E-state index in [1.54, 1.807) is 0 Å². The molecule has 0 spiro atoms. The van der Waals surface area contributed by atoms with E-state index in [1.165, 1.54) is 5.56 Å². The van der Waals surface area contributed by atoms with Crippen LogP contribution in [0.5, 0.6) is 0 Å². The fraction of sp³-hybridized carbons (Fsp3) is 0.562. The summed E-state index contributed by atoms with van der Waals surface area (Å²) in [6.07, 6.45) is 0.271. The highest BCUT2D eigenvalue weighted by Gasteiger charge is 2.13. The molecule has 1 unspecified atom stereocenters. The molecule has 0 saturated carbocycles. The van der Waals surface area contributed by atoms with Crippen molar-refractivity contribution in [3.63, 3.8) is 0 Å². The molecule has 5 heteroatoms. The number of hydrazine groups is 1. The molecule has 1 amide bonds. The zero-order chi connectivity index (χ0) is 15.8. The highest BCUT2D eigenvalue weighted by molar-refractivity contribution is 5.82. The van der Waals surface area contributed by atoms with Crippen LogP contribution in [-0.2, 0) is 16.1 Å². The minimum Gasteiger partial charge on any atom is -0.377 e. The largest absolute Gasteiger partial charge is 0.377 e. The van der Waals surface area contributed by atoms with E-state index in [0.717, 1.165) is 25.3 Å². The van der Waals surface area contributed by atoms with E-state index in [4.69, 9.17) is 10.6 Å². The van der Waals surface area contributed by atoms with Crippen LogP contribution in [0.2, 0.25) is 0 Å². The van der Waals surface area contributed by atoms with E-state index >= 15 is 0 Å². The molecule has 21 heavy (non-hydrogen) atoms. The molecule has 0 aliphatic carbocycles. The zero-order valence-electron chi connectivity index (χ0n) is 13.4. The SMILES string of the molecule is CC(C)OCCN(C)Cc1ccc(C(C)C(=O)NN)cc1. The molecule has 0 fully saturated rings. The standard InChI is InChI=1S/C16H27N3O2/c1-12(2)21-10-9-19(4)11-14-5-7-15(8-6-14)13(3)16(20)18-17/h5-8,12-13H,9-11,17H2,1-4H3,(H,18,20). The average molecular weight is 293 g/mol. The van der Waals surface area contributed by atoms with Gasteiger partial charge >= 0.3 is 0 Å². The third-order valence-electron chi connectivity index (χ3n) is 3.39. The molecule has 0 aromatic heterocycles. The lowest BCUT2D eigenvalue weighted by Gasteiger charge is -2.18. The fourth-order valence-corrected chi connectivity index (χ4v) is 2.02. The highest BCUT2D eigenvalue weighted by atomic mass is 16.5. The van der Waals surface area contributed by atoms with Gasteiger partial charge in [-0.25, -0.2) is 5.84 Å². The first-order chi connectivity index (χ1) is 9.93. The summed E-state index contributed by atoms with van der Waals surface area (Å²) in [5.74, 6) is 4.75. The summed E-state index contributed by atoms with van der Waals surface area (Å²) in [6.45, 7) is 8.41. The average Bonchev–Trinajstić information content (AvgIpc) is 2.46. The predicted molar refractivity (Wildman–Crippen MR) is 84.6 cm³/mol. The molecule has 0 heterocycles. The summed E-state index contributed by atoms with van der Waals surface area (Å²) < 4.78 is 5.54. The number of hydrogen-bond donors (Lipinski definition) is 2. The second kappa shape index (κ2) is 8.77. The van der Waals surface area contributed by atoms with Crippen LogP contribution in [0.1, 0.15) is 37.8 Å². The Morgan fingerprint density at radius 2 is 1.90 bits per heavy atom. The summed E-state index contributed by atoms with van der Waals surface area (Å²) in [4.78, 5) is 13.7. The third kappa shape index (κ3) is 6.25. The number of carbonyl (C=O) groups excluding carboxylic acids is 1. The molecule has 5 nitrogen and oxygen atoms in total. The summed E-state index contributed by atoms with van der Waals surface area (Å²) in [5, 5.41) is 0. The molecular formula is C16H27N3O2. The number of amides is 1. The Hall–Kier alpha value is -1.43. The first-order valence-electron chi connectivity index (χ1n) is 7.33. The van der Waals surface area contributed by atoms with Crippen molar-refractivity contribution in [1.29, 1.82) is 0 Å². The number of hydrogen-bond acceptors (Lipinski definition) is 4. The molecule has 1 rings (SSSR count). The Bertz CT molecular complexity index is 432. The normalized spacial score (nSPS) is 12.7. The van der Waals surface area contributed by atoms with E-state index in [-0.39, 0.29) is 17.9 Å². The van der Waals surface area contributed by atoms with Gasteiger partial charge in [0.25, 0.3) is 0 Å². The Morgan fingerprint density at radius 1 is 1.29 bits per heavy atom. The van der Waals surface area contributed by atoms with E-state index in [2.05, 4.69) is 29.5 Å². The Labute approximate surface area is 127 Å². The number of benzene rings is 1. The second-order valence-corrected chi connectivity index (χ2v) is 5.63. The van der Waals surface area contributed by atoms with Gasteiger partial charge in [0.1, 0.15) is 0 Å². The van der Waals surface area contributed by atoms with Gasteiger partial charge in [0, 0.05) is 13.1 Å². The van der Waals surface area contributed by atoms with Crippen molar-refractivity contribution in [3.05, 3.63) is 35.4 Å². The molecule has 1 aromatic carbocycles. The summed E-state index contributed by atoms with van der Waals surface area (Å²) in [5.41, 5.74) is 4.36. The number of nitrogens with two attached hydrogens (primary N) is 1. The Morgan fingerprint density at radius 3 is 2.43 bits per heavy atom. The van der Waals surface area contributed by atoms with Crippen LogP contribution in [0.3, 0.4) is 0 Å². The van der Waals surface area contributed by atoms with E-state index < -0.39 is 0 Å². The monoisotopic (exact) mass is 293 g/mol. The highest BCUT2D eigenvalue weighted by Crippen LogP contribution is 2.16. The lowest BCUT2D eigenvalue weighted by Crippen LogP contribution is -2.33. The molecule has 118 valence electrons. The molecule has 1 aromatic rings. The van der Waals surface area contributed by atoms with Crippen molar-refractivity contribution < 1.29 is 9.53 Å². The quantitative estimate of drug-likeness (QED) is 0.434. The van der Waals surface area contributed by atoms with Crippen molar-refractivity contribution in [2.24, 2.45) is 5.84 Å².